The Hall–Kier alpha value is -2.08. The van der Waals surface area contributed by atoms with E-state index in [0.717, 1.165) is 5.56 Å². The molecule has 124 valence electrons. The number of amides is 2. The van der Waals surface area contributed by atoms with Crippen molar-refractivity contribution in [2.24, 2.45) is 5.10 Å². The summed E-state index contributed by atoms with van der Waals surface area (Å²) in [6.07, 6.45) is 1.32. The van der Waals surface area contributed by atoms with Crippen LogP contribution in [0.1, 0.15) is 11.1 Å². The fourth-order valence-corrected chi connectivity index (χ4v) is 2.27. The summed E-state index contributed by atoms with van der Waals surface area (Å²) in [5.74, 6) is -1.69. The maximum absolute atomic E-state index is 11.7. The Bertz CT molecular complexity index is 777. The third-order valence-corrected chi connectivity index (χ3v) is 3.72. The monoisotopic (exact) mass is 383 g/mol. The standard InChI is InChI=1S/C16H12Cl3N3O2/c17-12-4-1-10(2-5-12)8-20-15(23)16(24)22-21-9-11-3-6-13(18)7-14(11)19/h1-7,9H,8H2,(H,20,23)(H,22,24)/b21-9+. The summed E-state index contributed by atoms with van der Waals surface area (Å²) in [5, 5.41) is 7.63. The van der Waals surface area contributed by atoms with E-state index in [-0.39, 0.29) is 6.54 Å². The van der Waals surface area contributed by atoms with Crippen LogP contribution in [0.3, 0.4) is 0 Å². The second kappa shape index (κ2) is 8.68. The lowest BCUT2D eigenvalue weighted by atomic mass is 10.2. The van der Waals surface area contributed by atoms with Crippen LogP contribution in [0, 0.1) is 0 Å². The number of nitrogens with zero attached hydrogens (tertiary/aromatic N) is 1. The van der Waals surface area contributed by atoms with E-state index in [0.29, 0.717) is 20.6 Å². The number of halogens is 3. The minimum Gasteiger partial charge on any atom is -0.344 e. The Morgan fingerprint density at radius 2 is 1.62 bits per heavy atom. The highest BCUT2D eigenvalue weighted by Gasteiger charge is 2.11. The normalized spacial score (nSPS) is 10.6. The van der Waals surface area contributed by atoms with Crippen molar-refractivity contribution in [3.8, 4) is 0 Å². The Morgan fingerprint density at radius 1 is 0.958 bits per heavy atom. The molecule has 2 amide bonds. The highest BCUT2D eigenvalue weighted by molar-refractivity contribution is 6.36. The SMILES string of the molecule is O=C(NCc1ccc(Cl)cc1)C(=O)N/N=C/c1ccc(Cl)cc1Cl. The number of carbonyl (C=O) groups is 2. The van der Waals surface area contributed by atoms with Crippen molar-refractivity contribution < 1.29 is 9.59 Å². The van der Waals surface area contributed by atoms with Crippen LogP contribution >= 0.6 is 34.8 Å². The lowest BCUT2D eigenvalue weighted by molar-refractivity contribution is -0.139. The van der Waals surface area contributed by atoms with Crippen molar-refractivity contribution in [3.63, 3.8) is 0 Å². The molecule has 0 aromatic heterocycles. The van der Waals surface area contributed by atoms with Gasteiger partial charge in [0.15, 0.2) is 0 Å². The molecule has 2 aromatic rings. The summed E-state index contributed by atoms with van der Waals surface area (Å²) in [5.41, 5.74) is 3.50. The first-order valence-corrected chi connectivity index (χ1v) is 7.90. The predicted octanol–water partition coefficient (Wildman–Crippen LogP) is 3.41. The molecule has 0 fully saturated rings. The summed E-state index contributed by atoms with van der Waals surface area (Å²) in [7, 11) is 0. The average Bonchev–Trinajstić information content (AvgIpc) is 2.56. The van der Waals surface area contributed by atoms with Gasteiger partial charge in [-0.2, -0.15) is 5.10 Å². The zero-order valence-corrected chi connectivity index (χ0v) is 14.5. The topological polar surface area (TPSA) is 70.6 Å². The fraction of sp³-hybridized carbons (Fsp3) is 0.0625. The number of benzene rings is 2. The van der Waals surface area contributed by atoms with Crippen LogP contribution in [0.4, 0.5) is 0 Å². The highest BCUT2D eigenvalue weighted by atomic mass is 35.5. The minimum atomic E-state index is -0.884. The second-order valence-corrected chi connectivity index (χ2v) is 5.95. The van der Waals surface area contributed by atoms with Crippen LogP contribution in [-0.4, -0.2) is 18.0 Å². The van der Waals surface area contributed by atoms with Gasteiger partial charge >= 0.3 is 11.8 Å². The molecule has 0 atom stereocenters. The van der Waals surface area contributed by atoms with Crippen LogP contribution < -0.4 is 10.7 Å². The summed E-state index contributed by atoms with van der Waals surface area (Å²) in [4.78, 5) is 23.3. The lowest BCUT2D eigenvalue weighted by Crippen LogP contribution is -2.37. The number of hydrogen-bond acceptors (Lipinski definition) is 3. The van der Waals surface area contributed by atoms with E-state index >= 15 is 0 Å². The average molecular weight is 385 g/mol. The molecule has 0 heterocycles. The molecule has 0 aliphatic carbocycles. The summed E-state index contributed by atoms with van der Waals surface area (Å²) in [6.45, 7) is 0.205. The van der Waals surface area contributed by atoms with Gasteiger partial charge in [0, 0.05) is 22.2 Å². The van der Waals surface area contributed by atoms with Gasteiger partial charge in [-0.15, -0.1) is 0 Å². The minimum absolute atomic E-state index is 0.205. The molecule has 0 unspecified atom stereocenters. The van der Waals surface area contributed by atoms with Crippen molar-refractivity contribution >= 4 is 52.8 Å². The van der Waals surface area contributed by atoms with Crippen LogP contribution in [0.25, 0.3) is 0 Å². The van der Waals surface area contributed by atoms with E-state index in [1.54, 1.807) is 42.5 Å². The van der Waals surface area contributed by atoms with Crippen molar-refractivity contribution in [2.75, 3.05) is 0 Å². The molecule has 2 aromatic carbocycles. The van der Waals surface area contributed by atoms with Gasteiger partial charge < -0.3 is 5.32 Å². The number of nitrogens with one attached hydrogen (secondary N) is 2. The van der Waals surface area contributed by atoms with Gasteiger partial charge in [0.25, 0.3) is 0 Å². The number of hydrazone groups is 1. The summed E-state index contributed by atoms with van der Waals surface area (Å²) in [6, 6.07) is 11.7. The van der Waals surface area contributed by atoms with Gasteiger partial charge in [-0.25, -0.2) is 5.43 Å². The Kier molecular flexibility index (Phi) is 6.61. The van der Waals surface area contributed by atoms with Crippen molar-refractivity contribution in [1.82, 2.24) is 10.7 Å². The van der Waals surface area contributed by atoms with Gasteiger partial charge in [0.05, 0.1) is 11.2 Å². The molecular weight excluding hydrogens is 373 g/mol. The number of hydrogen-bond donors (Lipinski definition) is 2. The lowest BCUT2D eigenvalue weighted by Gasteiger charge is -2.04. The molecule has 0 aliphatic heterocycles. The van der Waals surface area contributed by atoms with Crippen LogP contribution in [-0.2, 0) is 16.1 Å². The van der Waals surface area contributed by atoms with E-state index in [1.165, 1.54) is 6.21 Å². The molecule has 0 saturated heterocycles. The Morgan fingerprint density at radius 3 is 2.29 bits per heavy atom. The van der Waals surface area contributed by atoms with Gasteiger partial charge in [-0.1, -0.05) is 53.0 Å². The van der Waals surface area contributed by atoms with Crippen LogP contribution in [0.15, 0.2) is 47.6 Å². The Balaban J connectivity index is 1.84. The summed E-state index contributed by atoms with van der Waals surface area (Å²) >= 11 is 17.5. The van der Waals surface area contributed by atoms with Crippen molar-refractivity contribution in [3.05, 3.63) is 68.7 Å². The molecule has 0 aliphatic rings. The first kappa shape index (κ1) is 18.3. The molecule has 0 spiro atoms. The zero-order chi connectivity index (χ0) is 17.5. The number of carbonyl (C=O) groups excluding carboxylic acids is 2. The second-order valence-electron chi connectivity index (χ2n) is 4.67. The molecule has 2 N–H and O–H groups in total. The smallest absolute Gasteiger partial charge is 0.329 e. The molecular formula is C16H12Cl3N3O2. The largest absolute Gasteiger partial charge is 0.344 e. The van der Waals surface area contributed by atoms with Crippen molar-refractivity contribution in [2.45, 2.75) is 6.54 Å². The summed E-state index contributed by atoms with van der Waals surface area (Å²) < 4.78 is 0. The molecule has 0 radical (unpaired) electrons. The maximum atomic E-state index is 11.7. The molecule has 5 nitrogen and oxygen atoms in total. The third-order valence-electron chi connectivity index (χ3n) is 2.90. The van der Waals surface area contributed by atoms with E-state index in [2.05, 4.69) is 15.8 Å². The number of rotatable bonds is 4. The van der Waals surface area contributed by atoms with E-state index in [4.69, 9.17) is 34.8 Å². The molecule has 0 saturated carbocycles. The quantitative estimate of drug-likeness (QED) is 0.482. The van der Waals surface area contributed by atoms with Gasteiger partial charge in [-0.05, 0) is 29.8 Å². The maximum Gasteiger partial charge on any atom is 0.329 e. The first-order chi connectivity index (χ1) is 11.5. The third kappa shape index (κ3) is 5.53. The Labute approximate surface area is 153 Å². The van der Waals surface area contributed by atoms with Gasteiger partial charge in [0.1, 0.15) is 0 Å². The first-order valence-electron chi connectivity index (χ1n) is 6.76. The van der Waals surface area contributed by atoms with Crippen molar-refractivity contribution in [1.29, 1.82) is 0 Å². The van der Waals surface area contributed by atoms with Gasteiger partial charge in [-0.3, -0.25) is 9.59 Å². The van der Waals surface area contributed by atoms with Crippen LogP contribution in [0.2, 0.25) is 15.1 Å². The predicted molar refractivity (Wildman–Crippen MR) is 95.5 cm³/mol. The van der Waals surface area contributed by atoms with E-state index in [9.17, 15) is 9.59 Å². The molecule has 0 bridgehead atoms. The molecule has 2 rings (SSSR count). The van der Waals surface area contributed by atoms with Gasteiger partial charge in [0.2, 0.25) is 0 Å². The zero-order valence-electron chi connectivity index (χ0n) is 12.2. The molecule has 24 heavy (non-hydrogen) atoms. The van der Waals surface area contributed by atoms with E-state index in [1.807, 2.05) is 0 Å². The molecule has 8 heteroatoms. The fourth-order valence-electron chi connectivity index (χ4n) is 1.68. The van der Waals surface area contributed by atoms with E-state index < -0.39 is 11.8 Å². The highest BCUT2D eigenvalue weighted by Crippen LogP contribution is 2.19. The van der Waals surface area contributed by atoms with Crippen LogP contribution in [0.5, 0.6) is 0 Å².